The fourth-order valence-corrected chi connectivity index (χ4v) is 3.03. The molecule has 2 aromatic carbocycles. The number of benzene rings is 2. The summed E-state index contributed by atoms with van der Waals surface area (Å²) >= 11 is 1.68. The van der Waals surface area contributed by atoms with Gasteiger partial charge < -0.3 is 4.74 Å². The van der Waals surface area contributed by atoms with Gasteiger partial charge >= 0.3 is 0 Å². The first-order valence-electron chi connectivity index (χ1n) is 7.55. The topological polar surface area (TPSA) is 41.9 Å². The number of Topliss-reactive ketones (excluding diaryl/α,β-unsaturated/α-hetero) is 1. The molecule has 0 amide bonds. The average Bonchev–Trinajstić information content (AvgIpc) is 2.62. The van der Waals surface area contributed by atoms with Crippen LogP contribution in [-0.4, -0.2) is 43.3 Å². The Hall–Kier alpha value is -2.11. The first-order valence-corrected chi connectivity index (χ1v) is 8.37. The van der Waals surface area contributed by atoms with Gasteiger partial charge in [0.1, 0.15) is 0 Å². The van der Waals surface area contributed by atoms with Gasteiger partial charge in [0.15, 0.2) is 0 Å². The molecule has 2 aromatic rings. The number of hydrogen-bond donors (Lipinski definition) is 0. The number of ketones is 1. The second-order valence-corrected chi connectivity index (χ2v) is 6.26. The molecule has 23 heavy (non-hydrogen) atoms. The van der Waals surface area contributed by atoms with Crippen LogP contribution >= 0.6 is 11.8 Å². The van der Waals surface area contributed by atoms with Gasteiger partial charge in [-0.25, -0.2) is 0 Å². The van der Waals surface area contributed by atoms with Crippen LogP contribution in [0.3, 0.4) is 0 Å². The molecule has 118 valence electrons. The molecule has 0 unspecified atom stereocenters. The molecule has 0 bridgehead atoms. The minimum Gasteiger partial charge on any atom is -0.378 e. The zero-order valence-electron chi connectivity index (χ0n) is 12.7. The van der Waals surface area contributed by atoms with Gasteiger partial charge in [0, 0.05) is 15.4 Å². The molecule has 0 N–H and O–H groups in total. The van der Waals surface area contributed by atoms with Crippen molar-refractivity contribution in [1.82, 2.24) is 5.01 Å². The molecular formula is C18H18N2O2S. The SMILES string of the molecule is O=C(C=NN1CCOCC1)c1ccc(Sc2ccccc2)cc1. The van der Waals surface area contributed by atoms with Crippen molar-refractivity contribution in [3.63, 3.8) is 0 Å². The van der Waals surface area contributed by atoms with Crippen LogP contribution in [-0.2, 0) is 4.74 Å². The zero-order chi connectivity index (χ0) is 15.9. The maximum atomic E-state index is 12.1. The number of ether oxygens (including phenoxy) is 1. The molecule has 1 heterocycles. The summed E-state index contributed by atoms with van der Waals surface area (Å²) in [5.74, 6) is -0.0762. The molecule has 5 heteroatoms. The van der Waals surface area contributed by atoms with Crippen LogP contribution in [0.1, 0.15) is 10.4 Å². The van der Waals surface area contributed by atoms with Gasteiger partial charge in [-0.05, 0) is 36.4 Å². The van der Waals surface area contributed by atoms with Crippen LogP contribution in [0.25, 0.3) is 0 Å². The zero-order valence-corrected chi connectivity index (χ0v) is 13.5. The van der Waals surface area contributed by atoms with E-state index in [0.29, 0.717) is 18.8 Å². The van der Waals surface area contributed by atoms with Crippen LogP contribution < -0.4 is 0 Å². The molecular weight excluding hydrogens is 308 g/mol. The van der Waals surface area contributed by atoms with E-state index in [-0.39, 0.29) is 5.78 Å². The van der Waals surface area contributed by atoms with Gasteiger partial charge in [0.25, 0.3) is 0 Å². The quantitative estimate of drug-likeness (QED) is 0.624. The van der Waals surface area contributed by atoms with Crippen molar-refractivity contribution >= 4 is 23.8 Å². The van der Waals surface area contributed by atoms with Gasteiger partial charge in [0.2, 0.25) is 5.78 Å². The molecule has 1 aliphatic heterocycles. The predicted octanol–water partition coefficient (Wildman–Crippen LogP) is 3.34. The number of hydrogen-bond acceptors (Lipinski definition) is 5. The lowest BCUT2D eigenvalue weighted by Gasteiger charge is -2.23. The monoisotopic (exact) mass is 326 g/mol. The van der Waals surface area contributed by atoms with Crippen molar-refractivity contribution in [2.75, 3.05) is 26.3 Å². The Labute approximate surface area is 140 Å². The summed E-state index contributed by atoms with van der Waals surface area (Å²) in [6.45, 7) is 2.79. The number of rotatable bonds is 5. The van der Waals surface area contributed by atoms with E-state index in [9.17, 15) is 4.79 Å². The minimum absolute atomic E-state index is 0.0762. The van der Waals surface area contributed by atoms with Gasteiger partial charge in [-0.3, -0.25) is 9.80 Å². The smallest absolute Gasteiger partial charge is 0.205 e. The number of carbonyl (C=O) groups is 1. The Morgan fingerprint density at radius 3 is 2.35 bits per heavy atom. The van der Waals surface area contributed by atoms with Gasteiger partial charge in [0.05, 0.1) is 32.5 Å². The van der Waals surface area contributed by atoms with E-state index in [2.05, 4.69) is 17.2 Å². The highest BCUT2D eigenvalue weighted by molar-refractivity contribution is 7.99. The van der Waals surface area contributed by atoms with Crippen molar-refractivity contribution in [2.24, 2.45) is 5.10 Å². The second-order valence-electron chi connectivity index (χ2n) is 5.11. The molecule has 0 aliphatic carbocycles. The Kier molecular flexibility index (Phi) is 5.45. The summed E-state index contributed by atoms with van der Waals surface area (Å²) < 4.78 is 5.25. The molecule has 0 atom stereocenters. The van der Waals surface area contributed by atoms with E-state index in [4.69, 9.17) is 4.74 Å². The fraction of sp³-hybridized carbons (Fsp3) is 0.222. The summed E-state index contributed by atoms with van der Waals surface area (Å²) in [6, 6.07) is 17.8. The highest BCUT2D eigenvalue weighted by Gasteiger charge is 2.08. The molecule has 4 nitrogen and oxygen atoms in total. The third-order valence-corrected chi connectivity index (χ3v) is 4.46. The lowest BCUT2D eigenvalue weighted by Crippen LogP contribution is -2.32. The van der Waals surface area contributed by atoms with E-state index >= 15 is 0 Å². The van der Waals surface area contributed by atoms with Crippen molar-refractivity contribution in [2.45, 2.75) is 9.79 Å². The van der Waals surface area contributed by atoms with E-state index in [1.165, 1.54) is 11.1 Å². The molecule has 0 spiro atoms. The number of carbonyl (C=O) groups excluding carboxylic acids is 1. The molecule has 0 radical (unpaired) electrons. The van der Waals surface area contributed by atoms with Crippen LogP contribution in [0.15, 0.2) is 69.5 Å². The van der Waals surface area contributed by atoms with Gasteiger partial charge in [-0.1, -0.05) is 30.0 Å². The van der Waals surface area contributed by atoms with E-state index in [1.54, 1.807) is 11.8 Å². The summed E-state index contributed by atoms with van der Waals surface area (Å²) in [4.78, 5) is 14.4. The number of hydrazone groups is 1. The maximum Gasteiger partial charge on any atom is 0.205 e. The van der Waals surface area contributed by atoms with E-state index in [1.807, 2.05) is 47.5 Å². The van der Waals surface area contributed by atoms with Gasteiger partial charge in [-0.15, -0.1) is 0 Å². The van der Waals surface area contributed by atoms with Crippen LogP contribution in [0, 0.1) is 0 Å². The van der Waals surface area contributed by atoms with Crippen molar-refractivity contribution in [1.29, 1.82) is 0 Å². The number of nitrogens with zero attached hydrogens (tertiary/aromatic N) is 2. The Bertz CT molecular complexity index is 665. The summed E-state index contributed by atoms with van der Waals surface area (Å²) in [6.07, 6.45) is 1.39. The molecule has 1 saturated heterocycles. The fourth-order valence-electron chi connectivity index (χ4n) is 2.19. The Morgan fingerprint density at radius 1 is 1.00 bits per heavy atom. The largest absolute Gasteiger partial charge is 0.378 e. The van der Waals surface area contributed by atoms with Gasteiger partial charge in [-0.2, -0.15) is 5.10 Å². The Balaban J connectivity index is 1.60. The minimum atomic E-state index is -0.0762. The lowest BCUT2D eigenvalue weighted by atomic mass is 10.1. The third-order valence-electron chi connectivity index (χ3n) is 3.44. The first kappa shape index (κ1) is 15.8. The average molecular weight is 326 g/mol. The molecule has 1 aliphatic rings. The van der Waals surface area contributed by atoms with E-state index < -0.39 is 0 Å². The summed E-state index contributed by atoms with van der Waals surface area (Å²) in [5.41, 5.74) is 0.652. The molecule has 0 saturated carbocycles. The second kappa shape index (κ2) is 7.94. The number of morpholine rings is 1. The first-order chi connectivity index (χ1) is 11.3. The van der Waals surface area contributed by atoms with Crippen molar-refractivity contribution < 1.29 is 9.53 Å². The lowest BCUT2D eigenvalue weighted by molar-refractivity contribution is 0.0395. The Morgan fingerprint density at radius 2 is 1.65 bits per heavy atom. The van der Waals surface area contributed by atoms with Crippen LogP contribution in [0.5, 0.6) is 0 Å². The standard InChI is InChI=1S/C18H18N2O2S/c21-18(14-19-20-10-12-22-13-11-20)15-6-8-17(9-7-15)23-16-4-2-1-3-5-16/h1-9,14H,10-13H2. The summed E-state index contributed by atoms with van der Waals surface area (Å²) in [5, 5.41) is 6.09. The van der Waals surface area contributed by atoms with Crippen LogP contribution in [0.2, 0.25) is 0 Å². The molecule has 3 rings (SSSR count). The third kappa shape index (κ3) is 4.68. The van der Waals surface area contributed by atoms with E-state index in [0.717, 1.165) is 18.0 Å². The molecule has 0 aromatic heterocycles. The highest BCUT2D eigenvalue weighted by atomic mass is 32.2. The van der Waals surface area contributed by atoms with Crippen molar-refractivity contribution in [3.8, 4) is 0 Å². The predicted molar refractivity (Wildman–Crippen MR) is 92.2 cm³/mol. The normalized spacial score (nSPS) is 15.0. The maximum absolute atomic E-state index is 12.1. The van der Waals surface area contributed by atoms with Crippen molar-refractivity contribution in [3.05, 3.63) is 60.2 Å². The highest BCUT2D eigenvalue weighted by Crippen LogP contribution is 2.27. The van der Waals surface area contributed by atoms with Crippen LogP contribution in [0.4, 0.5) is 0 Å². The molecule has 1 fully saturated rings. The summed E-state index contributed by atoms with van der Waals surface area (Å²) in [7, 11) is 0.